The molecule has 104 valence electrons. The van der Waals surface area contributed by atoms with Gasteiger partial charge in [-0.3, -0.25) is 9.78 Å². The van der Waals surface area contributed by atoms with Crippen molar-refractivity contribution in [3.8, 4) is 0 Å². The van der Waals surface area contributed by atoms with Crippen LogP contribution in [0.2, 0.25) is 0 Å². The number of nitrogens with zero attached hydrogens (tertiary/aromatic N) is 3. The largest absolute Gasteiger partial charge is 0.369 e. The Labute approximate surface area is 116 Å². The molecule has 0 saturated heterocycles. The third-order valence-corrected chi connectivity index (χ3v) is 2.71. The van der Waals surface area contributed by atoms with E-state index in [0.29, 0.717) is 18.1 Å². The Morgan fingerprint density at radius 1 is 1.40 bits per heavy atom. The van der Waals surface area contributed by atoms with Gasteiger partial charge in [0.1, 0.15) is 17.3 Å². The zero-order valence-corrected chi connectivity index (χ0v) is 11.3. The molecule has 0 spiro atoms. The Kier molecular flexibility index (Phi) is 4.24. The number of carbonyl (C=O) groups excluding carboxylic acids is 1. The second-order valence-electron chi connectivity index (χ2n) is 4.16. The molecule has 0 aliphatic heterocycles. The summed E-state index contributed by atoms with van der Waals surface area (Å²) in [6.07, 6.45) is 2.93. The lowest BCUT2D eigenvalue weighted by Gasteiger charge is -2.17. The van der Waals surface area contributed by atoms with Crippen LogP contribution in [0.1, 0.15) is 17.4 Å². The summed E-state index contributed by atoms with van der Waals surface area (Å²) in [7, 11) is 1.57. The number of hydrogen-bond acceptors (Lipinski definition) is 4. The number of carbonyl (C=O) groups is 1. The van der Waals surface area contributed by atoms with Crippen LogP contribution in [0.3, 0.4) is 0 Å². The lowest BCUT2D eigenvalue weighted by Crippen LogP contribution is -2.27. The number of halogens is 1. The van der Waals surface area contributed by atoms with Crippen LogP contribution in [-0.4, -0.2) is 29.5 Å². The molecule has 5 nitrogen and oxygen atoms in total. The molecule has 0 saturated carbocycles. The average Bonchev–Trinajstić information content (AvgIpc) is 2.46. The first kappa shape index (κ1) is 13.9. The normalized spacial score (nSPS) is 10.2. The van der Waals surface area contributed by atoms with Crippen LogP contribution in [0.25, 0.3) is 0 Å². The molecule has 0 aliphatic rings. The second kappa shape index (κ2) is 6.10. The molecular weight excluding hydrogens is 259 g/mol. The Balaban J connectivity index is 2.24. The maximum absolute atomic E-state index is 13.2. The van der Waals surface area contributed by atoms with Gasteiger partial charge in [-0.2, -0.15) is 0 Å². The van der Waals surface area contributed by atoms with Gasteiger partial charge >= 0.3 is 0 Å². The van der Waals surface area contributed by atoms with Gasteiger partial charge in [-0.05, 0) is 25.1 Å². The van der Waals surface area contributed by atoms with E-state index in [4.69, 9.17) is 0 Å². The molecule has 0 atom stereocenters. The summed E-state index contributed by atoms with van der Waals surface area (Å²) in [6, 6.07) is 5.82. The first-order valence-electron chi connectivity index (χ1n) is 6.21. The van der Waals surface area contributed by atoms with Crippen molar-refractivity contribution in [1.29, 1.82) is 0 Å². The number of rotatable bonds is 4. The second-order valence-corrected chi connectivity index (χ2v) is 4.16. The fraction of sp³-hybridized carbons (Fsp3) is 0.214. The molecular formula is C14H15FN4O. The maximum Gasteiger partial charge on any atom is 0.278 e. The van der Waals surface area contributed by atoms with Crippen molar-refractivity contribution < 1.29 is 9.18 Å². The minimum absolute atomic E-state index is 0.204. The van der Waals surface area contributed by atoms with Crippen molar-refractivity contribution in [2.75, 3.05) is 23.8 Å². The van der Waals surface area contributed by atoms with Crippen molar-refractivity contribution in [1.82, 2.24) is 9.97 Å². The van der Waals surface area contributed by atoms with Gasteiger partial charge in [-0.15, -0.1) is 0 Å². The molecule has 0 bridgehead atoms. The van der Waals surface area contributed by atoms with Crippen LogP contribution in [0, 0.1) is 5.82 Å². The van der Waals surface area contributed by atoms with Crippen molar-refractivity contribution >= 4 is 17.4 Å². The highest BCUT2D eigenvalue weighted by atomic mass is 19.1. The predicted molar refractivity (Wildman–Crippen MR) is 75.3 cm³/mol. The highest BCUT2D eigenvalue weighted by molar-refractivity contribution is 6.04. The first-order valence-corrected chi connectivity index (χ1v) is 6.21. The van der Waals surface area contributed by atoms with Crippen LogP contribution < -0.4 is 10.2 Å². The minimum Gasteiger partial charge on any atom is -0.369 e. The van der Waals surface area contributed by atoms with Gasteiger partial charge in [0.15, 0.2) is 0 Å². The molecule has 20 heavy (non-hydrogen) atoms. The van der Waals surface area contributed by atoms with Gasteiger partial charge in [0.05, 0.1) is 12.4 Å². The summed E-state index contributed by atoms with van der Waals surface area (Å²) in [5.41, 5.74) is 0.667. The quantitative estimate of drug-likeness (QED) is 0.929. The lowest BCUT2D eigenvalue weighted by atomic mass is 10.2. The molecule has 1 heterocycles. The highest BCUT2D eigenvalue weighted by Crippen LogP contribution is 2.16. The van der Waals surface area contributed by atoms with Gasteiger partial charge in [-0.25, -0.2) is 9.37 Å². The van der Waals surface area contributed by atoms with E-state index in [9.17, 15) is 9.18 Å². The molecule has 2 rings (SSSR count). The number of aromatic nitrogens is 2. The van der Waals surface area contributed by atoms with E-state index in [1.54, 1.807) is 25.4 Å². The molecule has 1 N–H and O–H groups in total. The molecule has 0 unspecified atom stereocenters. The number of benzene rings is 1. The summed E-state index contributed by atoms with van der Waals surface area (Å²) < 4.78 is 13.2. The maximum atomic E-state index is 13.2. The molecule has 0 aliphatic carbocycles. The van der Waals surface area contributed by atoms with Crippen LogP contribution in [0.15, 0.2) is 36.7 Å². The van der Waals surface area contributed by atoms with E-state index in [-0.39, 0.29) is 11.6 Å². The molecule has 2 aromatic rings. The predicted octanol–water partition coefficient (Wildman–Crippen LogP) is 2.32. The van der Waals surface area contributed by atoms with Crippen molar-refractivity contribution in [2.24, 2.45) is 0 Å². The molecule has 1 aromatic carbocycles. The van der Waals surface area contributed by atoms with Crippen molar-refractivity contribution in [3.63, 3.8) is 0 Å². The van der Waals surface area contributed by atoms with Crippen LogP contribution in [-0.2, 0) is 0 Å². The average molecular weight is 274 g/mol. The topological polar surface area (TPSA) is 58.1 Å². The molecule has 1 amide bonds. The van der Waals surface area contributed by atoms with Crippen molar-refractivity contribution in [3.05, 3.63) is 48.2 Å². The van der Waals surface area contributed by atoms with E-state index >= 15 is 0 Å². The molecule has 0 fully saturated rings. The van der Waals surface area contributed by atoms with E-state index in [1.807, 2.05) is 6.92 Å². The van der Waals surface area contributed by atoms with Gasteiger partial charge in [-0.1, -0.05) is 6.07 Å². The number of amides is 1. The minimum atomic E-state index is -0.394. The van der Waals surface area contributed by atoms with Crippen LogP contribution in [0.4, 0.5) is 15.9 Å². The van der Waals surface area contributed by atoms with Crippen LogP contribution >= 0.6 is 0 Å². The monoisotopic (exact) mass is 274 g/mol. The fourth-order valence-corrected chi connectivity index (χ4v) is 1.71. The lowest BCUT2D eigenvalue weighted by molar-refractivity contribution is 0.0988. The van der Waals surface area contributed by atoms with Gasteiger partial charge in [0, 0.05) is 19.3 Å². The fourth-order valence-electron chi connectivity index (χ4n) is 1.71. The number of anilines is 2. The molecule has 6 heteroatoms. The van der Waals surface area contributed by atoms with E-state index in [1.165, 1.54) is 23.2 Å². The van der Waals surface area contributed by atoms with Gasteiger partial charge in [0.2, 0.25) is 0 Å². The highest BCUT2D eigenvalue weighted by Gasteiger charge is 2.16. The Bertz CT molecular complexity index is 618. The van der Waals surface area contributed by atoms with Gasteiger partial charge < -0.3 is 10.2 Å². The number of hydrogen-bond donors (Lipinski definition) is 1. The standard InChI is InChI=1S/C14H15FN4O/c1-3-17-13-9-16-8-12(18-13)14(20)19(2)11-6-4-5-10(15)7-11/h4-9H,3H2,1-2H3,(H,17,18). The summed E-state index contributed by atoms with van der Waals surface area (Å²) in [6.45, 7) is 2.61. The zero-order valence-electron chi connectivity index (χ0n) is 11.3. The zero-order chi connectivity index (χ0) is 14.5. The smallest absolute Gasteiger partial charge is 0.278 e. The van der Waals surface area contributed by atoms with Crippen molar-refractivity contribution in [2.45, 2.75) is 6.92 Å². The summed E-state index contributed by atoms with van der Waals surface area (Å²) >= 11 is 0. The third-order valence-electron chi connectivity index (χ3n) is 2.71. The molecule has 1 aromatic heterocycles. The van der Waals surface area contributed by atoms with Crippen LogP contribution in [0.5, 0.6) is 0 Å². The summed E-state index contributed by atoms with van der Waals surface area (Å²) in [4.78, 5) is 21.8. The number of nitrogens with one attached hydrogen (secondary N) is 1. The van der Waals surface area contributed by atoms with E-state index in [0.717, 1.165) is 0 Å². The van der Waals surface area contributed by atoms with Gasteiger partial charge in [0.25, 0.3) is 5.91 Å². The van der Waals surface area contributed by atoms with E-state index < -0.39 is 5.82 Å². The summed E-state index contributed by atoms with van der Waals surface area (Å²) in [5, 5.41) is 2.99. The SMILES string of the molecule is CCNc1cncc(C(=O)N(C)c2cccc(F)c2)n1. The molecule has 0 radical (unpaired) electrons. The third kappa shape index (κ3) is 3.09. The summed E-state index contributed by atoms with van der Waals surface area (Å²) in [5.74, 6) is -0.205. The Morgan fingerprint density at radius 2 is 2.20 bits per heavy atom. The Morgan fingerprint density at radius 3 is 2.90 bits per heavy atom. The van der Waals surface area contributed by atoms with E-state index in [2.05, 4.69) is 15.3 Å². The first-order chi connectivity index (χ1) is 9.61. The Hall–Kier alpha value is -2.50.